The number of ether oxygens (including phenoxy) is 1. The van der Waals surface area contributed by atoms with E-state index in [-0.39, 0.29) is 11.9 Å². The first-order chi connectivity index (χ1) is 8.58. The van der Waals surface area contributed by atoms with Crippen LogP contribution in [0.1, 0.15) is 16.8 Å². The summed E-state index contributed by atoms with van der Waals surface area (Å²) >= 11 is 6.36. The molecule has 0 bridgehead atoms. The molecular weight excluding hydrogens is 369 g/mol. The Labute approximate surface area is 122 Å². The molecule has 0 fully saturated rings. The number of hydrogen-bond acceptors (Lipinski definition) is 2. The zero-order valence-electron chi connectivity index (χ0n) is 9.88. The Balaban J connectivity index is 2.70. The number of nitrogens with one attached hydrogen (secondary N) is 1. The quantitative estimate of drug-likeness (QED) is 0.767. The van der Waals surface area contributed by atoms with Crippen molar-refractivity contribution in [1.29, 1.82) is 0 Å². The highest BCUT2D eigenvalue weighted by Crippen LogP contribution is 2.16. The number of hydrogen-bond donors (Lipinski definition) is 1. The van der Waals surface area contributed by atoms with Gasteiger partial charge in [0.05, 0.1) is 17.1 Å². The molecule has 1 unspecified atom stereocenters. The van der Waals surface area contributed by atoms with E-state index in [1.54, 1.807) is 13.2 Å². The van der Waals surface area contributed by atoms with Gasteiger partial charge in [0, 0.05) is 18.0 Å². The number of carbonyl (C=O) groups is 1. The first-order valence-electron chi connectivity index (χ1n) is 5.39. The summed E-state index contributed by atoms with van der Waals surface area (Å²) in [4.78, 5) is 11.9. The summed E-state index contributed by atoms with van der Waals surface area (Å²) in [6.07, 6.45) is 0.749. The predicted octanol–water partition coefficient (Wildman–Crippen LogP) is 3.12. The van der Waals surface area contributed by atoms with E-state index in [4.69, 9.17) is 4.74 Å². The van der Waals surface area contributed by atoms with Gasteiger partial charge in [0.15, 0.2) is 0 Å². The van der Waals surface area contributed by atoms with Crippen molar-refractivity contribution in [3.63, 3.8) is 0 Å². The van der Waals surface area contributed by atoms with Gasteiger partial charge in [-0.1, -0.05) is 15.9 Å². The lowest BCUT2D eigenvalue weighted by Crippen LogP contribution is -2.38. The molecule has 1 atom stereocenters. The highest BCUT2D eigenvalue weighted by atomic mass is 79.9. The fraction of sp³-hybridized carbons (Fsp3) is 0.417. The van der Waals surface area contributed by atoms with Gasteiger partial charge < -0.3 is 10.1 Å². The molecule has 0 aliphatic rings. The standard InChI is InChI=1S/C12H14Br2FNO2/c1-18-7-9(4-5-13)16-12(17)8-2-3-10(14)11(15)6-8/h2-3,6,9H,4-5,7H2,1H3,(H,16,17). The van der Waals surface area contributed by atoms with Crippen LogP contribution in [-0.2, 0) is 4.74 Å². The van der Waals surface area contributed by atoms with E-state index in [0.717, 1.165) is 11.8 Å². The Bertz CT molecular complexity index is 409. The number of alkyl halides is 1. The molecule has 1 aromatic carbocycles. The number of benzene rings is 1. The third-order valence-corrected chi connectivity index (χ3v) is 3.44. The SMILES string of the molecule is COCC(CCBr)NC(=O)c1ccc(Br)c(F)c1. The fourth-order valence-corrected chi connectivity index (χ4v) is 2.24. The molecule has 0 saturated heterocycles. The van der Waals surface area contributed by atoms with E-state index in [1.807, 2.05) is 0 Å². The normalized spacial score (nSPS) is 12.2. The van der Waals surface area contributed by atoms with E-state index in [0.29, 0.717) is 16.6 Å². The second-order valence-corrected chi connectivity index (χ2v) is 5.38. The van der Waals surface area contributed by atoms with Gasteiger partial charge in [-0.25, -0.2) is 4.39 Å². The Morgan fingerprint density at radius 1 is 1.56 bits per heavy atom. The lowest BCUT2D eigenvalue weighted by Gasteiger charge is -2.16. The van der Waals surface area contributed by atoms with Crippen molar-refractivity contribution < 1.29 is 13.9 Å². The number of amides is 1. The summed E-state index contributed by atoms with van der Waals surface area (Å²) in [7, 11) is 1.58. The largest absolute Gasteiger partial charge is 0.383 e. The van der Waals surface area contributed by atoms with Gasteiger partial charge >= 0.3 is 0 Å². The maximum absolute atomic E-state index is 13.3. The van der Waals surface area contributed by atoms with Crippen molar-refractivity contribution >= 4 is 37.8 Å². The summed E-state index contributed by atoms with van der Waals surface area (Å²) in [6.45, 7) is 0.427. The zero-order valence-corrected chi connectivity index (χ0v) is 13.1. The van der Waals surface area contributed by atoms with Crippen LogP contribution in [0, 0.1) is 5.82 Å². The molecule has 6 heteroatoms. The van der Waals surface area contributed by atoms with Crippen molar-refractivity contribution in [2.75, 3.05) is 19.0 Å². The van der Waals surface area contributed by atoms with E-state index in [2.05, 4.69) is 37.2 Å². The lowest BCUT2D eigenvalue weighted by molar-refractivity contribution is 0.0895. The van der Waals surface area contributed by atoms with Gasteiger partial charge in [-0.05, 0) is 40.5 Å². The molecule has 18 heavy (non-hydrogen) atoms. The van der Waals surface area contributed by atoms with Crippen LogP contribution in [0.2, 0.25) is 0 Å². The van der Waals surface area contributed by atoms with Crippen LogP contribution in [0.5, 0.6) is 0 Å². The monoisotopic (exact) mass is 381 g/mol. The van der Waals surface area contributed by atoms with Gasteiger partial charge in [0.2, 0.25) is 0 Å². The molecule has 0 aliphatic heterocycles. The molecule has 1 amide bonds. The number of rotatable bonds is 6. The average Bonchev–Trinajstić information content (AvgIpc) is 2.33. The highest BCUT2D eigenvalue weighted by molar-refractivity contribution is 9.10. The minimum atomic E-state index is -0.452. The van der Waals surface area contributed by atoms with Crippen LogP contribution in [0.25, 0.3) is 0 Å². The summed E-state index contributed by atoms with van der Waals surface area (Å²) in [6, 6.07) is 4.20. The summed E-state index contributed by atoms with van der Waals surface area (Å²) in [5, 5.41) is 3.57. The molecule has 0 heterocycles. The first kappa shape index (κ1) is 15.6. The third-order valence-electron chi connectivity index (χ3n) is 2.34. The number of halogens is 3. The molecule has 0 radical (unpaired) electrons. The van der Waals surface area contributed by atoms with E-state index in [9.17, 15) is 9.18 Å². The lowest BCUT2D eigenvalue weighted by atomic mass is 10.1. The van der Waals surface area contributed by atoms with Crippen molar-refractivity contribution in [1.82, 2.24) is 5.32 Å². The molecule has 1 N–H and O–H groups in total. The van der Waals surface area contributed by atoms with Crippen LogP contribution >= 0.6 is 31.9 Å². The van der Waals surface area contributed by atoms with Crippen molar-refractivity contribution in [3.8, 4) is 0 Å². The van der Waals surface area contributed by atoms with Crippen LogP contribution in [0.3, 0.4) is 0 Å². The van der Waals surface area contributed by atoms with Gasteiger partial charge in [-0.3, -0.25) is 4.79 Å². The second kappa shape index (κ2) is 7.86. The first-order valence-corrected chi connectivity index (χ1v) is 7.30. The molecular formula is C12H14Br2FNO2. The summed E-state index contributed by atoms with van der Waals surface area (Å²) in [5.41, 5.74) is 0.298. The van der Waals surface area contributed by atoms with E-state index >= 15 is 0 Å². The number of methoxy groups -OCH3 is 1. The second-order valence-electron chi connectivity index (χ2n) is 3.73. The molecule has 0 saturated carbocycles. The summed E-state index contributed by atoms with van der Waals surface area (Å²) in [5.74, 6) is -0.754. The Kier molecular flexibility index (Phi) is 6.81. The molecule has 0 aromatic heterocycles. The minimum Gasteiger partial charge on any atom is -0.383 e. The highest BCUT2D eigenvalue weighted by Gasteiger charge is 2.14. The summed E-state index contributed by atoms with van der Waals surface area (Å²) < 4.78 is 18.7. The topological polar surface area (TPSA) is 38.3 Å². The van der Waals surface area contributed by atoms with E-state index < -0.39 is 5.82 Å². The van der Waals surface area contributed by atoms with E-state index in [1.165, 1.54) is 12.1 Å². The average molecular weight is 383 g/mol. The van der Waals surface area contributed by atoms with Crippen LogP contribution < -0.4 is 5.32 Å². The van der Waals surface area contributed by atoms with Crippen LogP contribution in [0.4, 0.5) is 4.39 Å². The molecule has 1 aromatic rings. The molecule has 0 spiro atoms. The predicted molar refractivity (Wildman–Crippen MR) is 75.6 cm³/mol. The Hall–Kier alpha value is -0.460. The minimum absolute atomic E-state index is 0.0893. The maximum atomic E-state index is 13.3. The fourth-order valence-electron chi connectivity index (χ4n) is 1.44. The molecule has 1 rings (SSSR count). The molecule has 0 aliphatic carbocycles. The Morgan fingerprint density at radius 3 is 2.83 bits per heavy atom. The number of carbonyl (C=O) groups excluding carboxylic acids is 1. The van der Waals surface area contributed by atoms with Crippen LogP contribution in [-0.4, -0.2) is 31.0 Å². The van der Waals surface area contributed by atoms with Gasteiger partial charge in [-0.2, -0.15) is 0 Å². The smallest absolute Gasteiger partial charge is 0.251 e. The van der Waals surface area contributed by atoms with Crippen LogP contribution in [0.15, 0.2) is 22.7 Å². The van der Waals surface area contributed by atoms with Crippen molar-refractivity contribution in [3.05, 3.63) is 34.1 Å². The molecule has 3 nitrogen and oxygen atoms in total. The van der Waals surface area contributed by atoms with Gasteiger partial charge in [-0.15, -0.1) is 0 Å². The zero-order chi connectivity index (χ0) is 13.5. The Morgan fingerprint density at radius 2 is 2.28 bits per heavy atom. The molecule has 100 valence electrons. The third kappa shape index (κ3) is 4.66. The van der Waals surface area contributed by atoms with Crippen molar-refractivity contribution in [2.45, 2.75) is 12.5 Å². The van der Waals surface area contributed by atoms with Gasteiger partial charge in [0.25, 0.3) is 5.91 Å². The van der Waals surface area contributed by atoms with Gasteiger partial charge in [0.1, 0.15) is 5.82 Å². The van der Waals surface area contributed by atoms with Crippen molar-refractivity contribution in [2.24, 2.45) is 0 Å². The maximum Gasteiger partial charge on any atom is 0.251 e.